The zero-order valence-corrected chi connectivity index (χ0v) is 12.7. The molecule has 1 fully saturated rings. The summed E-state index contributed by atoms with van der Waals surface area (Å²) in [6, 6.07) is 11.2. The molecular formula is C15H20N4S. The van der Waals surface area contributed by atoms with Crippen molar-refractivity contribution in [2.24, 2.45) is 0 Å². The van der Waals surface area contributed by atoms with Gasteiger partial charge in [-0.05, 0) is 45.3 Å². The van der Waals surface area contributed by atoms with Gasteiger partial charge in [-0.3, -0.25) is 0 Å². The van der Waals surface area contributed by atoms with Crippen molar-refractivity contribution in [3.63, 3.8) is 0 Å². The first-order valence-electron chi connectivity index (χ1n) is 7.20. The Morgan fingerprint density at radius 1 is 1.15 bits per heavy atom. The average Bonchev–Trinajstić information content (AvgIpc) is 2.82. The lowest BCUT2D eigenvalue weighted by atomic mass is 10.00. The molecule has 2 heterocycles. The van der Waals surface area contributed by atoms with Gasteiger partial charge in [0, 0.05) is 17.6 Å². The first kappa shape index (κ1) is 13.4. The smallest absolute Gasteiger partial charge is 0.214 e. The zero-order valence-electron chi connectivity index (χ0n) is 11.9. The van der Waals surface area contributed by atoms with Gasteiger partial charge in [-0.2, -0.15) is 5.10 Å². The van der Waals surface area contributed by atoms with Crippen LogP contribution in [0.2, 0.25) is 0 Å². The normalized spacial score (nSPS) is 23.0. The van der Waals surface area contributed by atoms with Crippen molar-refractivity contribution in [2.45, 2.75) is 45.2 Å². The molecule has 20 heavy (non-hydrogen) atoms. The molecule has 1 saturated heterocycles. The van der Waals surface area contributed by atoms with E-state index in [2.05, 4.69) is 45.9 Å². The lowest BCUT2D eigenvalue weighted by Crippen LogP contribution is -2.51. The second-order valence-electron chi connectivity index (χ2n) is 5.54. The SMILES string of the molecule is CC1CCCC(C)N1n1c(-c2ccccc2)n[nH]c1=S. The minimum absolute atomic E-state index is 0.477. The minimum atomic E-state index is 0.477. The minimum Gasteiger partial charge on any atom is -0.303 e. The van der Waals surface area contributed by atoms with Gasteiger partial charge in [-0.1, -0.05) is 30.3 Å². The number of nitrogens with zero attached hydrogens (tertiary/aromatic N) is 3. The van der Waals surface area contributed by atoms with Crippen molar-refractivity contribution >= 4 is 12.2 Å². The van der Waals surface area contributed by atoms with Crippen molar-refractivity contribution in [1.82, 2.24) is 14.9 Å². The van der Waals surface area contributed by atoms with E-state index in [0.29, 0.717) is 16.9 Å². The van der Waals surface area contributed by atoms with Gasteiger partial charge >= 0.3 is 0 Å². The lowest BCUT2D eigenvalue weighted by Gasteiger charge is -2.41. The maximum absolute atomic E-state index is 5.46. The van der Waals surface area contributed by atoms with Crippen molar-refractivity contribution in [3.05, 3.63) is 35.1 Å². The molecule has 0 radical (unpaired) electrons. The summed E-state index contributed by atoms with van der Waals surface area (Å²) in [7, 11) is 0. The fraction of sp³-hybridized carbons (Fsp3) is 0.467. The molecule has 2 atom stereocenters. The van der Waals surface area contributed by atoms with Crippen LogP contribution in [0.15, 0.2) is 30.3 Å². The van der Waals surface area contributed by atoms with Gasteiger partial charge in [0.05, 0.1) is 0 Å². The van der Waals surface area contributed by atoms with Crippen LogP contribution in [0.4, 0.5) is 0 Å². The number of hydrogen-bond acceptors (Lipinski definition) is 3. The number of aromatic amines is 1. The summed E-state index contributed by atoms with van der Waals surface area (Å²) in [5.41, 5.74) is 1.09. The molecule has 0 aliphatic carbocycles. The van der Waals surface area contributed by atoms with Crippen LogP contribution in [0.5, 0.6) is 0 Å². The first-order valence-corrected chi connectivity index (χ1v) is 7.61. The molecule has 1 aromatic carbocycles. The largest absolute Gasteiger partial charge is 0.303 e. The zero-order chi connectivity index (χ0) is 14.1. The van der Waals surface area contributed by atoms with E-state index in [1.54, 1.807) is 0 Å². The Labute approximate surface area is 124 Å². The number of piperidine rings is 1. The van der Waals surface area contributed by atoms with Gasteiger partial charge in [-0.25, -0.2) is 9.77 Å². The highest BCUT2D eigenvalue weighted by Gasteiger charge is 2.27. The second kappa shape index (κ2) is 5.40. The summed E-state index contributed by atoms with van der Waals surface area (Å²) in [5.74, 6) is 0.899. The van der Waals surface area contributed by atoms with E-state index in [4.69, 9.17) is 12.2 Å². The molecule has 2 aromatic rings. The summed E-state index contributed by atoms with van der Waals surface area (Å²) >= 11 is 5.46. The van der Waals surface area contributed by atoms with Gasteiger partial charge in [0.1, 0.15) is 0 Å². The monoisotopic (exact) mass is 288 g/mol. The number of benzene rings is 1. The molecule has 1 N–H and O–H groups in total. The van der Waals surface area contributed by atoms with Crippen LogP contribution in [-0.2, 0) is 0 Å². The molecule has 0 saturated carbocycles. The van der Waals surface area contributed by atoms with E-state index in [9.17, 15) is 0 Å². The molecule has 0 spiro atoms. The molecule has 0 bridgehead atoms. The Bertz CT molecular complexity index is 621. The Kier molecular flexibility index (Phi) is 3.61. The molecule has 4 nitrogen and oxygen atoms in total. The lowest BCUT2D eigenvalue weighted by molar-refractivity contribution is 0.336. The highest BCUT2D eigenvalue weighted by molar-refractivity contribution is 7.71. The third-order valence-corrected chi connectivity index (χ3v) is 4.32. The summed E-state index contributed by atoms with van der Waals surface area (Å²) in [4.78, 5) is 0. The Morgan fingerprint density at radius 3 is 2.45 bits per heavy atom. The highest BCUT2D eigenvalue weighted by atomic mass is 32.1. The van der Waals surface area contributed by atoms with E-state index in [1.165, 1.54) is 19.3 Å². The summed E-state index contributed by atoms with van der Waals surface area (Å²) in [6.45, 7) is 4.53. The molecular weight excluding hydrogens is 268 g/mol. The van der Waals surface area contributed by atoms with Crippen molar-refractivity contribution < 1.29 is 0 Å². The van der Waals surface area contributed by atoms with Gasteiger partial charge in [-0.15, -0.1) is 0 Å². The van der Waals surface area contributed by atoms with Gasteiger partial charge < -0.3 is 5.01 Å². The van der Waals surface area contributed by atoms with Gasteiger partial charge in [0.15, 0.2) is 5.82 Å². The van der Waals surface area contributed by atoms with E-state index in [0.717, 1.165) is 11.4 Å². The van der Waals surface area contributed by atoms with Crippen LogP contribution >= 0.6 is 12.2 Å². The van der Waals surface area contributed by atoms with Crippen LogP contribution in [0.3, 0.4) is 0 Å². The first-order chi connectivity index (χ1) is 9.68. The van der Waals surface area contributed by atoms with Crippen LogP contribution in [0.25, 0.3) is 11.4 Å². The van der Waals surface area contributed by atoms with E-state index < -0.39 is 0 Å². The second-order valence-corrected chi connectivity index (χ2v) is 5.93. The van der Waals surface area contributed by atoms with Crippen LogP contribution in [0, 0.1) is 4.77 Å². The number of aromatic nitrogens is 3. The molecule has 106 valence electrons. The quantitative estimate of drug-likeness (QED) is 0.859. The van der Waals surface area contributed by atoms with Crippen molar-refractivity contribution in [1.29, 1.82) is 0 Å². The summed E-state index contributed by atoms with van der Waals surface area (Å²) < 4.78 is 2.75. The molecule has 1 aromatic heterocycles. The topological polar surface area (TPSA) is 36.9 Å². The van der Waals surface area contributed by atoms with E-state index in [-0.39, 0.29) is 0 Å². The van der Waals surface area contributed by atoms with Crippen LogP contribution in [0.1, 0.15) is 33.1 Å². The predicted octanol–water partition coefficient (Wildman–Crippen LogP) is 3.51. The van der Waals surface area contributed by atoms with Crippen LogP contribution in [-0.4, -0.2) is 27.0 Å². The fourth-order valence-electron chi connectivity index (χ4n) is 3.08. The number of rotatable bonds is 2. The summed E-state index contributed by atoms with van der Waals surface area (Å²) in [6.07, 6.45) is 3.68. The van der Waals surface area contributed by atoms with Gasteiger partial charge in [0.2, 0.25) is 4.77 Å². The van der Waals surface area contributed by atoms with E-state index >= 15 is 0 Å². The van der Waals surface area contributed by atoms with Crippen molar-refractivity contribution in [3.8, 4) is 11.4 Å². The molecule has 1 aliphatic rings. The third kappa shape index (κ3) is 2.26. The Hall–Kier alpha value is -1.62. The Balaban J connectivity index is 2.10. The Morgan fingerprint density at radius 2 is 1.80 bits per heavy atom. The number of nitrogens with one attached hydrogen (secondary N) is 1. The number of hydrogen-bond donors (Lipinski definition) is 1. The van der Waals surface area contributed by atoms with Crippen molar-refractivity contribution in [2.75, 3.05) is 5.01 Å². The highest BCUT2D eigenvalue weighted by Crippen LogP contribution is 2.25. The van der Waals surface area contributed by atoms with Crippen LogP contribution < -0.4 is 5.01 Å². The number of H-pyrrole nitrogens is 1. The summed E-state index contributed by atoms with van der Waals surface area (Å²) in [5, 5.41) is 9.76. The van der Waals surface area contributed by atoms with Gasteiger partial charge in [0.25, 0.3) is 0 Å². The standard InChI is InChI=1S/C15H20N4S/c1-11-7-6-8-12(2)18(11)19-14(16-17-15(19)20)13-9-4-3-5-10-13/h3-5,9-12H,6-8H2,1-2H3,(H,17,20). The molecule has 3 rings (SSSR count). The fourth-order valence-corrected chi connectivity index (χ4v) is 3.31. The molecule has 1 aliphatic heterocycles. The maximum atomic E-state index is 5.46. The molecule has 0 amide bonds. The maximum Gasteiger partial charge on any atom is 0.214 e. The third-order valence-electron chi connectivity index (χ3n) is 4.06. The van der Waals surface area contributed by atoms with E-state index in [1.807, 2.05) is 18.2 Å². The predicted molar refractivity (Wildman–Crippen MR) is 83.8 cm³/mol. The average molecular weight is 288 g/mol. The molecule has 5 heteroatoms. The molecule has 2 unspecified atom stereocenters.